The van der Waals surface area contributed by atoms with Crippen LogP contribution in [0.5, 0.6) is 0 Å². The number of allylic oxidation sites excluding steroid dienone is 1. The summed E-state index contributed by atoms with van der Waals surface area (Å²) in [6.07, 6.45) is 4.91. The van der Waals surface area contributed by atoms with Crippen LogP contribution >= 0.6 is 0 Å². The van der Waals surface area contributed by atoms with Crippen molar-refractivity contribution >= 4 is 5.78 Å². The van der Waals surface area contributed by atoms with Crippen molar-refractivity contribution in [2.24, 2.45) is 7.05 Å². The van der Waals surface area contributed by atoms with Crippen molar-refractivity contribution in [1.29, 1.82) is 0 Å². The lowest BCUT2D eigenvalue weighted by Gasteiger charge is -2.12. The van der Waals surface area contributed by atoms with Crippen molar-refractivity contribution in [2.45, 2.75) is 33.1 Å². The van der Waals surface area contributed by atoms with E-state index in [-0.39, 0.29) is 11.3 Å². The van der Waals surface area contributed by atoms with Crippen molar-refractivity contribution < 1.29 is 4.79 Å². The molecule has 1 aromatic carbocycles. The summed E-state index contributed by atoms with van der Waals surface area (Å²) in [6, 6.07) is 9.64. The van der Waals surface area contributed by atoms with Crippen molar-refractivity contribution in [1.82, 2.24) is 9.47 Å². The third-order valence-electron chi connectivity index (χ3n) is 5.56. The largest absolute Gasteiger partial charge is 0.315 e. The highest BCUT2D eigenvalue weighted by atomic mass is 16.1. The van der Waals surface area contributed by atoms with Crippen LogP contribution in [0.2, 0.25) is 0 Å². The van der Waals surface area contributed by atoms with Gasteiger partial charge in [-0.2, -0.15) is 0 Å². The molecule has 4 heteroatoms. The second-order valence-corrected chi connectivity index (χ2v) is 7.59. The monoisotopic (exact) mass is 364 g/mol. The van der Waals surface area contributed by atoms with Crippen LogP contribution in [0.3, 0.4) is 0 Å². The van der Waals surface area contributed by atoms with Gasteiger partial charge in [-0.1, -0.05) is 29.8 Å². The maximum Gasteiger partial charge on any atom is 0.253 e. The minimum atomic E-state index is 0.0312. The van der Waals surface area contributed by atoms with E-state index in [4.69, 9.17) is 0 Å². The predicted molar refractivity (Wildman–Crippen MR) is 110 cm³/mol. The third-order valence-corrected chi connectivity index (χ3v) is 5.56. The molecule has 2 aromatic rings. The van der Waals surface area contributed by atoms with Crippen molar-refractivity contribution in [3.8, 4) is 11.1 Å². The number of pyridine rings is 1. The summed E-state index contributed by atoms with van der Waals surface area (Å²) >= 11 is 0. The molecular weight excluding hydrogens is 336 g/mol. The van der Waals surface area contributed by atoms with Crippen molar-refractivity contribution in [3.63, 3.8) is 0 Å². The molecular formula is C23H28N2O2. The van der Waals surface area contributed by atoms with Crippen LogP contribution in [-0.2, 0) is 7.05 Å². The molecule has 1 fully saturated rings. The van der Waals surface area contributed by atoms with Gasteiger partial charge in [0, 0.05) is 36.0 Å². The van der Waals surface area contributed by atoms with Crippen LogP contribution in [0.1, 0.15) is 40.9 Å². The van der Waals surface area contributed by atoms with Crippen LogP contribution in [0.15, 0.2) is 46.8 Å². The second kappa shape index (κ2) is 8.05. The highest BCUT2D eigenvalue weighted by molar-refractivity contribution is 6.05. The lowest BCUT2D eigenvalue weighted by molar-refractivity contribution is 0.104. The fourth-order valence-corrected chi connectivity index (χ4v) is 3.65. The zero-order chi connectivity index (χ0) is 19.6. The summed E-state index contributed by atoms with van der Waals surface area (Å²) < 4.78 is 1.68. The van der Waals surface area contributed by atoms with E-state index in [0.29, 0.717) is 5.56 Å². The summed E-state index contributed by atoms with van der Waals surface area (Å²) in [5, 5.41) is 0. The van der Waals surface area contributed by atoms with Gasteiger partial charge in [0.05, 0.1) is 0 Å². The Morgan fingerprint density at radius 3 is 2.44 bits per heavy atom. The van der Waals surface area contributed by atoms with Crippen LogP contribution < -0.4 is 5.56 Å². The predicted octanol–water partition coefficient (Wildman–Crippen LogP) is 3.89. The molecule has 1 aromatic heterocycles. The van der Waals surface area contributed by atoms with E-state index < -0.39 is 0 Å². The van der Waals surface area contributed by atoms with Gasteiger partial charge in [0.25, 0.3) is 5.56 Å². The Hall–Kier alpha value is -2.46. The first-order valence-corrected chi connectivity index (χ1v) is 9.57. The molecule has 0 saturated carbocycles. The van der Waals surface area contributed by atoms with Crippen molar-refractivity contribution in [3.05, 3.63) is 69.2 Å². The zero-order valence-corrected chi connectivity index (χ0v) is 16.7. The van der Waals surface area contributed by atoms with Crippen LogP contribution in [0, 0.1) is 13.8 Å². The number of hydrogen-bond donors (Lipinski definition) is 0. The molecule has 4 nitrogen and oxygen atoms in total. The van der Waals surface area contributed by atoms with E-state index in [0.717, 1.165) is 54.7 Å². The molecule has 0 radical (unpaired) electrons. The lowest BCUT2D eigenvalue weighted by atomic mass is 9.98. The highest BCUT2D eigenvalue weighted by Crippen LogP contribution is 2.24. The normalized spacial score (nSPS) is 17.1. The Balaban J connectivity index is 1.84. The summed E-state index contributed by atoms with van der Waals surface area (Å²) in [7, 11) is 3.93. The summed E-state index contributed by atoms with van der Waals surface area (Å²) in [5.74, 6) is 0.0782. The van der Waals surface area contributed by atoms with Gasteiger partial charge in [-0.05, 0) is 64.4 Å². The molecule has 0 aliphatic carbocycles. The van der Waals surface area contributed by atoms with Crippen LogP contribution in [0.4, 0.5) is 0 Å². The SMILES string of the molecule is Cc1cc(-c2ccc(C(=O)/C=C3/CCCN(C)CC3)cc2)c(C)n(C)c1=O. The number of hydrogen-bond acceptors (Lipinski definition) is 3. The quantitative estimate of drug-likeness (QED) is 0.613. The molecule has 0 unspecified atom stereocenters. The number of aromatic nitrogens is 1. The zero-order valence-electron chi connectivity index (χ0n) is 16.7. The molecule has 27 heavy (non-hydrogen) atoms. The molecule has 1 saturated heterocycles. The van der Waals surface area contributed by atoms with Gasteiger partial charge < -0.3 is 9.47 Å². The third kappa shape index (κ3) is 4.28. The average Bonchev–Trinajstić information content (AvgIpc) is 2.87. The lowest BCUT2D eigenvalue weighted by Crippen LogP contribution is -2.21. The molecule has 1 aliphatic rings. The van der Waals surface area contributed by atoms with E-state index in [2.05, 4.69) is 11.9 Å². The van der Waals surface area contributed by atoms with Crippen molar-refractivity contribution in [2.75, 3.05) is 20.1 Å². The smallest absolute Gasteiger partial charge is 0.253 e. The number of aryl methyl sites for hydroxylation is 1. The Morgan fingerprint density at radius 1 is 1.04 bits per heavy atom. The topological polar surface area (TPSA) is 42.3 Å². The molecule has 0 atom stereocenters. The first kappa shape index (κ1) is 19.3. The summed E-state index contributed by atoms with van der Waals surface area (Å²) in [5.41, 5.74) is 5.69. The van der Waals surface area contributed by atoms with E-state index in [1.165, 1.54) is 5.57 Å². The molecule has 0 amide bonds. The van der Waals surface area contributed by atoms with Gasteiger partial charge in [0.1, 0.15) is 0 Å². The van der Waals surface area contributed by atoms with E-state index in [1.807, 2.05) is 50.3 Å². The Kier molecular flexibility index (Phi) is 5.76. The second-order valence-electron chi connectivity index (χ2n) is 7.59. The van der Waals surface area contributed by atoms with Crippen LogP contribution in [0.25, 0.3) is 11.1 Å². The molecule has 2 heterocycles. The first-order valence-electron chi connectivity index (χ1n) is 9.57. The molecule has 0 spiro atoms. The molecule has 0 N–H and O–H groups in total. The van der Waals surface area contributed by atoms with E-state index in [9.17, 15) is 9.59 Å². The maximum absolute atomic E-state index is 12.6. The Labute approximate surface area is 161 Å². The molecule has 1 aliphatic heterocycles. The number of likely N-dealkylation sites (tertiary alicyclic amines) is 1. The maximum atomic E-state index is 12.6. The number of nitrogens with zero attached hydrogens (tertiary/aromatic N) is 2. The van der Waals surface area contributed by atoms with Gasteiger partial charge in [-0.3, -0.25) is 9.59 Å². The highest BCUT2D eigenvalue weighted by Gasteiger charge is 2.12. The average molecular weight is 364 g/mol. The fourth-order valence-electron chi connectivity index (χ4n) is 3.65. The molecule has 3 rings (SSSR count). The number of benzene rings is 1. The standard InChI is InChI=1S/C23H28N2O2/c1-16-14-21(17(2)25(4)23(16)27)19-7-9-20(10-8-19)22(26)15-18-6-5-12-24(3)13-11-18/h7-10,14-15H,5-6,11-13H2,1-4H3/b18-15-. The van der Waals surface area contributed by atoms with E-state index in [1.54, 1.807) is 11.6 Å². The number of carbonyl (C=O) groups excluding carboxylic acids is 1. The number of ketones is 1. The van der Waals surface area contributed by atoms with Crippen LogP contribution in [-0.4, -0.2) is 35.4 Å². The van der Waals surface area contributed by atoms with Gasteiger partial charge in [-0.15, -0.1) is 0 Å². The summed E-state index contributed by atoms with van der Waals surface area (Å²) in [6.45, 7) is 5.89. The Bertz CT molecular complexity index is 936. The minimum Gasteiger partial charge on any atom is -0.315 e. The van der Waals surface area contributed by atoms with E-state index >= 15 is 0 Å². The van der Waals surface area contributed by atoms with Gasteiger partial charge >= 0.3 is 0 Å². The van der Waals surface area contributed by atoms with Gasteiger partial charge in [0.2, 0.25) is 0 Å². The van der Waals surface area contributed by atoms with Gasteiger partial charge in [-0.25, -0.2) is 0 Å². The first-order chi connectivity index (χ1) is 12.9. The molecule has 142 valence electrons. The number of rotatable bonds is 3. The summed E-state index contributed by atoms with van der Waals surface area (Å²) in [4.78, 5) is 27.0. The fraction of sp³-hybridized carbons (Fsp3) is 0.391. The Morgan fingerprint density at radius 2 is 1.74 bits per heavy atom. The van der Waals surface area contributed by atoms with Gasteiger partial charge in [0.15, 0.2) is 5.78 Å². The molecule has 0 bridgehead atoms. The minimum absolute atomic E-state index is 0.0312. The number of carbonyl (C=O) groups is 1.